The van der Waals surface area contributed by atoms with E-state index in [1.54, 1.807) is 48.5 Å². The van der Waals surface area contributed by atoms with Gasteiger partial charge in [0.1, 0.15) is 20.2 Å². The van der Waals surface area contributed by atoms with Gasteiger partial charge in [-0.25, -0.2) is 16.8 Å². The molecule has 331 valence electrons. The largest absolute Gasteiger partial charge is 2.00 e. The number of hydrogen-bond donors (Lipinski definition) is 0. The molecule has 0 N–H and O–H groups in total. The minimum atomic E-state index is -4.29. The van der Waals surface area contributed by atoms with Crippen LogP contribution in [0.1, 0.15) is 241 Å². The van der Waals surface area contributed by atoms with Crippen LogP contribution in [0.15, 0.2) is 60.7 Å². The van der Waals surface area contributed by atoms with Crippen LogP contribution in [0.25, 0.3) is 0 Å². The molecule has 2 atom stereocenters. The Labute approximate surface area is 362 Å². The van der Waals surface area contributed by atoms with E-state index >= 15 is 0 Å². The second kappa shape index (κ2) is 37.7. The molecule has 2 rings (SSSR count). The van der Waals surface area contributed by atoms with Crippen molar-refractivity contribution in [1.82, 2.24) is 0 Å². The van der Waals surface area contributed by atoms with Crippen molar-refractivity contribution < 1.29 is 42.7 Å². The predicted octanol–water partition coefficient (Wildman–Crippen LogP) is 15.1. The molecule has 0 heterocycles. The van der Waals surface area contributed by atoms with Gasteiger partial charge in [0, 0.05) is 0 Å². The normalized spacial score (nSPS) is 12.7. The molecule has 0 spiro atoms. The van der Waals surface area contributed by atoms with E-state index in [2.05, 4.69) is 13.8 Å². The Hall–Kier alpha value is -1.23. The molecule has 6 nitrogen and oxygen atoms in total. The maximum absolute atomic E-state index is 11.6. The first-order valence-electron chi connectivity index (χ1n) is 23.1. The summed E-state index contributed by atoms with van der Waals surface area (Å²) in [6, 6.07) is 17.8. The summed E-state index contributed by atoms with van der Waals surface area (Å²) in [7, 11) is -8.57. The van der Waals surface area contributed by atoms with Gasteiger partial charge < -0.3 is 9.11 Å². The summed E-state index contributed by atoms with van der Waals surface area (Å²) in [5.74, 6) is 0. The predicted molar refractivity (Wildman–Crippen MR) is 237 cm³/mol. The van der Waals surface area contributed by atoms with Crippen molar-refractivity contribution in [3.05, 3.63) is 71.8 Å². The Morgan fingerprint density at radius 1 is 0.351 bits per heavy atom. The molecular formula is C48H82CoO6S2. The Morgan fingerprint density at radius 2 is 0.544 bits per heavy atom. The third kappa shape index (κ3) is 32.2. The van der Waals surface area contributed by atoms with Gasteiger partial charge in [0.25, 0.3) is 0 Å². The molecule has 2 unspecified atom stereocenters. The third-order valence-corrected chi connectivity index (χ3v) is 13.6. The van der Waals surface area contributed by atoms with Crippen LogP contribution in [0.3, 0.4) is 0 Å². The van der Waals surface area contributed by atoms with Crippen LogP contribution in [-0.2, 0) is 37.0 Å². The standard InChI is InChI=1S/2C24H42O3S.Co/c2*1-2-3-4-5-6-7-8-9-10-11-12-13-14-15-19-22-24(28(25,26)27)23-20-17-16-18-21-23;/h2*16-18,20-21,24H,2-15,19,22H2,1H3,(H,25,26,27);/q;;+2/p-2. The molecule has 0 bridgehead atoms. The van der Waals surface area contributed by atoms with Crippen LogP contribution >= 0.6 is 0 Å². The minimum absolute atomic E-state index is 0. The first-order valence-corrected chi connectivity index (χ1v) is 26.0. The Bertz CT molecular complexity index is 1250. The molecule has 1 radical (unpaired) electrons. The van der Waals surface area contributed by atoms with Gasteiger partial charge in [0.2, 0.25) is 0 Å². The monoisotopic (exact) mass is 877 g/mol. The number of unbranched alkanes of at least 4 members (excludes halogenated alkanes) is 28. The Balaban J connectivity index is 0.00000108. The smallest absolute Gasteiger partial charge is 0.747 e. The summed E-state index contributed by atoms with van der Waals surface area (Å²) in [6.45, 7) is 4.52. The van der Waals surface area contributed by atoms with Crippen molar-refractivity contribution >= 4 is 20.2 Å². The van der Waals surface area contributed by atoms with Crippen molar-refractivity contribution in [2.75, 3.05) is 0 Å². The second-order valence-electron chi connectivity index (χ2n) is 16.3. The van der Waals surface area contributed by atoms with Crippen molar-refractivity contribution in [3.8, 4) is 0 Å². The maximum atomic E-state index is 11.6. The molecule has 0 amide bonds. The fourth-order valence-corrected chi connectivity index (χ4v) is 9.58. The van der Waals surface area contributed by atoms with Crippen molar-refractivity contribution in [2.24, 2.45) is 0 Å². The quantitative estimate of drug-likeness (QED) is 0.0497. The summed E-state index contributed by atoms with van der Waals surface area (Å²) in [6.07, 6.45) is 39.3. The van der Waals surface area contributed by atoms with Gasteiger partial charge in [-0.1, -0.05) is 267 Å². The molecule has 0 aliphatic rings. The van der Waals surface area contributed by atoms with Crippen LogP contribution in [-0.4, -0.2) is 25.9 Å². The first-order chi connectivity index (χ1) is 27.1. The fourth-order valence-electron chi connectivity index (χ4n) is 7.69. The minimum Gasteiger partial charge on any atom is -0.747 e. The van der Waals surface area contributed by atoms with E-state index < -0.39 is 30.7 Å². The second-order valence-corrected chi connectivity index (χ2v) is 19.4. The maximum Gasteiger partial charge on any atom is 2.00 e. The zero-order valence-electron chi connectivity index (χ0n) is 36.2. The van der Waals surface area contributed by atoms with Crippen LogP contribution in [0.5, 0.6) is 0 Å². The summed E-state index contributed by atoms with van der Waals surface area (Å²) in [4.78, 5) is 0. The summed E-state index contributed by atoms with van der Waals surface area (Å²) >= 11 is 0. The Kier molecular flexibility index (Phi) is 36.9. The molecule has 0 aliphatic heterocycles. The molecule has 2 aromatic rings. The summed E-state index contributed by atoms with van der Waals surface area (Å²) < 4.78 is 69.3. The van der Waals surface area contributed by atoms with E-state index in [1.807, 2.05) is 12.1 Å². The number of rotatable bonds is 36. The van der Waals surface area contributed by atoms with Crippen LogP contribution < -0.4 is 0 Å². The molecule has 0 fully saturated rings. The first kappa shape index (κ1) is 55.8. The molecule has 0 saturated heterocycles. The zero-order valence-corrected chi connectivity index (χ0v) is 38.8. The molecule has 0 aromatic heterocycles. The summed E-state index contributed by atoms with van der Waals surface area (Å²) in [5.41, 5.74) is 1.26. The van der Waals surface area contributed by atoms with Gasteiger partial charge >= 0.3 is 16.8 Å². The topological polar surface area (TPSA) is 114 Å². The van der Waals surface area contributed by atoms with Gasteiger partial charge in [0.15, 0.2) is 0 Å². The number of hydrogen-bond acceptors (Lipinski definition) is 6. The zero-order chi connectivity index (χ0) is 41.0. The van der Waals surface area contributed by atoms with Crippen LogP contribution in [0, 0.1) is 0 Å². The van der Waals surface area contributed by atoms with E-state index in [1.165, 1.54) is 154 Å². The molecule has 0 aliphatic carbocycles. The van der Waals surface area contributed by atoms with E-state index in [0.29, 0.717) is 24.0 Å². The van der Waals surface area contributed by atoms with Crippen LogP contribution in [0.4, 0.5) is 0 Å². The summed E-state index contributed by atoms with van der Waals surface area (Å²) in [5, 5.41) is -1.79. The van der Waals surface area contributed by atoms with Crippen molar-refractivity contribution in [1.29, 1.82) is 0 Å². The average molecular weight is 878 g/mol. The molecule has 9 heteroatoms. The molecule has 0 saturated carbocycles. The van der Waals surface area contributed by atoms with Gasteiger partial charge in [-0.15, -0.1) is 0 Å². The SMILES string of the molecule is CCCCCCCCCCCCCCCCCC(c1ccccc1)S(=O)(=O)[O-].CCCCCCCCCCCCCCCCCC(c1ccccc1)S(=O)(=O)[O-].[Co+2]. The van der Waals surface area contributed by atoms with E-state index in [0.717, 1.165) is 38.5 Å². The van der Waals surface area contributed by atoms with Crippen molar-refractivity contribution in [2.45, 2.75) is 230 Å². The molecular weight excluding hydrogens is 796 g/mol. The van der Waals surface area contributed by atoms with Gasteiger partial charge in [-0.05, 0) is 24.0 Å². The third-order valence-electron chi connectivity index (χ3n) is 11.2. The average Bonchev–Trinajstić information content (AvgIpc) is 3.17. The van der Waals surface area contributed by atoms with Gasteiger partial charge in [-0.3, -0.25) is 0 Å². The Morgan fingerprint density at radius 3 is 0.737 bits per heavy atom. The fraction of sp³-hybridized carbons (Fsp3) is 0.750. The molecule has 57 heavy (non-hydrogen) atoms. The van der Waals surface area contributed by atoms with Gasteiger partial charge in [0.05, 0.1) is 10.5 Å². The van der Waals surface area contributed by atoms with E-state index in [9.17, 15) is 25.9 Å². The van der Waals surface area contributed by atoms with Crippen molar-refractivity contribution in [3.63, 3.8) is 0 Å². The van der Waals surface area contributed by atoms with Crippen LogP contribution in [0.2, 0.25) is 0 Å². The number of benzene rings is 2. The van der Waals surface area contributed by atoms with E-state index in [4.69, 9.17) is 0 Å². The van der Waals surface area contributed by atoms with E-state index in [-0.39, 0.29) is 16.8 Å². The molecule has 2 aromatic carbocycles. The van der Waals surface area contributed by atoms with Gasteiger partial charge in [-0.2, -0.15) is 0 Å².